The van der Waals surface area contributed by atoms with Crippen molar-refractivity contribution in [1.82, 2.24) is 0 Å². The van der Waals surface area contributed by atoms with E-state index in [9.17, 15) is 9.90 Å². The van der Waals surface area contributed by atoms with Crippen LogP contribution < -0.4 is 0 Å². The molecule has 3 nitrogen and oxygen atoms in total. The summed E-state index contributed by atoms with van der Waals surface area (Å²) >= 11 is 0. The standard InChI is InChI=1S/C9H12O3/c1-2-7-4-3-5-9(12,6-7)8(10)11/h3-5,12H,2,6H2,1H3,(H,10,11). The molecule has 66 valence electrons. The van der Waals surface area contributed by atoms with Gasteiger partial charge in [-0.15, -0.1) is 0 Å². The molecule has 0 heterocycles. The van der Waals surface area contributed by atoms with Gasteiger partial charge in [-0.3, -0.25) is 0 Å². The fourth-order valence-electron chi connectivity index (χ4n) is 1.20. The number of hydrogen-bond donors (Lipinski definition) is 2. The van der Waals surface area contributed by atoms with Gasteiger partial charge in [0.25, 0.3) is 0 Å². The highest BCUT2D eigenvalue weighted by Crippen LogP contribution is 2.24. The summed E-state index contributed by atoms with van der Waals surface area (Å²) in [4.78, 5) is 10.6. The van der Waals surface area contributed by atoms with Crippen molar-refractivity contribution >= 4 is 5.97 Å². The van der Waals surface area contributed by atoms with E-state index in [0.717, 1.165) is 12.0 Å². The van der Waals surface area contributed by atoms with Gasteiger partial charge < -0.3 is 10.2 Å². The zero-order valence-corrected chi connectivity index (χ0v) is 6.95. The lowest BCUT2D eigenvalue weighted by atomic mass is 9.89. The Morgan fingerprint density at radius 3 is 2.92 bits per heavy atom. The van der Waals surface area contributed by atoms with Crippen molar-refractivity contribution in [3.63, 3.8) is 0 Å². The second kappa shape index (κ2) is 3.11. The van der Waals surface area contributed by atoms with Gasteiger partial charge in [0.1, 0.15) is 0 Å². The molecule has 1 rings (SSSR count). The van der Waals surface area contributed by atoms with Crippen LogP contribution in [0.15, 0.2) is 23.8 Å². The van der Waals surface area contributed by atoms with Gasteiger partial charge in [0.15, 0.2) is 5.60 Å². The molecule has 0 fully saturated rings. The molecular weight excluding hydrogens is 156 g/mol. The highest BCUT2D eigenvalue weighted by Gasteiger charge is 2.34. The summed E-state index contributed by atoms with van der Waals surface area (Å²) in [7, 11) is 0. The number of carboxylic acids is 1. The summed E-state index contributed by atoms with van der Waals surface area (Å²) in [6, 6.07) is 0. The first-order valence-corrected chi connectivity index (χ1v) is 3.91. The highest BCUT2D eigenvalue weighted by molar-refractivity contribution is 5.80. The third-order valence-corrected chi connectivity index (χ3v) is 2.02. The van der Waals surface area contributed by atoms with E-state index < -0.39 is 11.6 Å². The molecular formula is C9H12O3. The Kier molecular flexibility index (Phi) is 2.33. The molecule has 0 aliphatic heterocycles. The fourth-order valence-corrected chi connectivity index (χ4v) is 1.20. The molecule has 0 saturated heterocycles. The topological polar surface area (TPSA) is 57.5 Å². The normalized spacial score (nSPS) is 28.3. The van der Waals surface area contributed by atoms with Crippen molar-refractivity contribution in [1.29, 1.82) is 0 Å². The summed E-state index contributed by atoms with van der Waals surface area (Å²) < 4.78 is 0. The maximum Gasteiger partial charge on any atom is 0.340 e. The first-order chi connectivity index (χ1) is 5.58. The van der Waals surface area contributed by atoms with Crippen molar-refractivity contribution < 1.29 is 15.0 Å². The molecule has 0 amide bonds. The van der Waals surface area contributed by atoms with Gasteiger partial charge in [-0.25, -0.2) is 4.79 Å². The van der Waals surface area contributed by atoms with Crippen LogP contribution in [0.25, 0.3) is 0 Å². The molecule has 0 spiro atoms. The molecule has 0 radical (unpaired) electrons. The third kappa shape index (κ3) is 1.56. The van der Waals surface area contributed by atoms with Crippen LogP contribution in [-0.2, 0) is 4.79 Å². The number of aliphatic hydroxyl groups is 1. The molecule has 0 aromatic rings. The van der Waals surface area contributed by atoms with Crippen molar-refractivity contribution in [2.75, 3.05) is 0 Å². The minimum atomic E-state index is -1.68. The van der Waals surface area contributed by atoms with Gasteiger partial charge >= 0.3 is 5.97 Å². The van der Waals surface area contributed by atoms with E-state index >= 15 is 0 Å². The van der Waals surface area contributed by atoms with Gasteiger partial charge in [-0.05, 0) is 12.5 Å². The molecule has 0 aromatic carbocycles. The first kappa shape index (κ1) is 9.00. The summed E-state index contributed by atoms with van der Waals surface area (Å²) in [5, 5.41) is 18.2. The van der Waals surface area contributed by atoms with Crippen molar-refractivity contribution in [3.05, 3.63) is 23.8 Å². The van der Waals surface area contributed by atoms with E-state index in [4.69, 9.17) is 5.11 Å². The Bertz CT molecular complexity index is 252. The van der Waals surface area contributed by atoms with Gasteiger partial charge in [0, 0.05) is 6.42 Å². The Labute approximate surface area is 71.0 Å². The average molecular weight is 168 g/mol. The minimum absolute atomic E-state index is 0.204. The quantitative estimate of drug-likeness (QED) is 0.649. The van der Waals surface area contributed by atoms with Gasteiger partial charge in [0.2, 0.25) is 0 Å². The molecule has 0 bridgehead atoms. The molecule has 12 heavy (non-hydrogen) atoms. The lowest BCUT2D eigenvalue weighted by Gasteiger charge is -2.23. The summed E-state index contributed by atoms with van der Waals surface area (Å²) in [6.45, 7) is 1.94. The average Bonchev–Trinajstić information content (AvgIpc) is 2.04. The Hall–Kier alpha value is -1.09. The number of hydrogen-bond acceptors (Lipinski definition) is 2. The van der Waals surface area contributed by atoms with Crippen LogP contribution in [0.4, 0.5) is 0 Å². The zero-order valence-electron chi connectivity index (χ0n) is 6.95. The van der Waals surface area contributed by atoms with E-state index in [1.807, 2.05) is 13.0 Å². The second-order valence-corrected chi connectivity index (χ2v) is 2.94. The molecule has 1 atom stereocenters. The Morgan fingerprint density at radius 2 is 2.42 bits per heavy atom. The van der Waals surface area contributed by atoms with Crippen LogP contribution in [0.5, 0.6) is 0 Å². The van der Waals surface area contributed by atoms with E-state index in [-0.39, 0.29) is 6.42 Å². The van der Waals surface area contributed by atoms with Crippen LogP contribution in [0.2, 0.25) is 0 Å². The second-order valence-electron chi connectivity index (χ2n) is 2.94. The van der Waals surface area contributed by atoms with E-state index in [1.54, 1.807) is 6.08 Å². The Balaban J connectivity index is 2.82. The largest absolute Gasteiger partial charge is 0.479 e. The number of carboxylic acid groups (broad SMARTS) is 1. The lowest BCUT2D eigenvalue weighted by Crippen LogP contribution is -2.37. The first-order valence-electron chi connectivity index (χ1n) is 3.91. The number of rotatable bonds is 2. The van der Waals surface area contributed by atoms with Crippen LogP contribution in [0.3, 0.4) is 0 Å². The zero-order chi connectivity index (χ0) is 9.19. The SMILES string of the molecule is CCC1=CC=CC(O)(C(=O)O)C1. The summed E-state index contributed by atoms with van der Waals surface area (Å²) in [6.07, 6.45) is 5.73. The maximum atomic E-state index is 10.6. The van der Waals surface area contributed by atoms with Crippen molar-refractivity contribution in [2.24, 2.45) is 0 Å². The van der Waals surface area contributed by atoms with E-state index in [1.165, 1.54) is 6.08 Å². The van der Waals surface area contributed by atoms with Crippen LogP contribution >= 0.6 is 0 Å². The van der Waals surface area contributed by atoms with E-state index in [2.05, 4.69) is 0 Å². The third-order valence-electron chi connectivity index (χ3n) is 2.02. The Morgan fingerprint density at radius 1 is 1.75 bits per heavy atom. The summed E-state index contributed by atoms with van der Waals surface area (Å²) in [5.74, 6) is -1.18. The van der Waals surface area contributed by atoms with Gasteiger partial charge in [0.05, 0.1) is 0 Å². The van der Waals surface area contributed by atoms with Crippen molar-refractivity contribution in [3.8, 4) is 0 Å². The number of allylic oxidation sites excluding steroid dienone is 2. The smallest absolute Gasteiger partial charge is 0.340 e. The molecule has 2 N–H and O–H groups in total. The van der Waals surface area contributed by atoms with Crippen LogP contribution in [0, 0.1) is 0 Å². The minimum Gasteiger partial charge on any atom is -0.479 e. The van der Waals surface area contributed by atoms with Crippen molar-refractivity contribution in [2.45, 2.75) is 25.4 Å². The fraction of sp³-hybridized carbons (Fsp3) is 0.444. The lowest BCUT2D eigenvalue weighted by molar-refractivity contribution is -0.153. The predicted octanol–water partition coefficient (Wildman–Crippen LogP) is 1.10. The number of carbonyl (C=O) groups is 1. The van der Waals surface area contributed by atoms with E-state index in [0.29, 0.717) is 0 Å². The number of aliphatic carboxylic acids is 1. The van der Waals surface area contributed by atoms with Gasteiger partial charge in [-0.1, -0.05) is 24.6 Å². The molecule has 0 aromatic heterocycles. The predicted molar refractivity (Wildman–Crippen MR) is 44.7 cm³/mol. The monoisotopic (exact) mass is 168 g/mol. The van der Waals surface area contributed by atoms with Crippen LogP contribution in [0.1, 0.15) is 19.8 Å². The molecule has 1 unspecified atom stereocenters. The summed E-state index contributed by atoms with van der Waals surface area (Å²) in [5.41, 5.74) is -0.720. The molecule has 0 saturated carbocycles. The van der Waals surface area contributed by atoms with Crippen LogP contribution in [-0.4, -0.2) is 21.8 Å². The molecule has 1 aliphatic rings. The van der Waals surface area contributed by atoms with Gasteiger partial charge in [-0.2, -0.15) is 0 Å². The maximum absolute atomic E-state index is 10.6. The molecule has 1 aliphatic carbocycles. The highest BCUT2D eigenvalue weighted by atomic mass is 16.4. The molecule has 3 heteroatoms.